The van der Waals surface area contributed by atoms with E-state index in [2.05, 4.69) is 54.4 Å². The van der Waals surface area contributed by atoms with E-state index in [4.69, 9.17) is 32.7 Å². The van der Waals surface area contributed by atoms with Gasteiger partial charge in [-0.1, -0.05) is 30.1 Å². The predicted molar refractivity (Wildman–Crippen MR) is 156 cm³/mol. The molecule has 2 aromatic carbocycles. The number of carbonyl (C=O) groups excluding carboxylic acids is 1. The molecule has 3 aromatic rings. The SMILES string of the molecule is CCN1CCN(c2ccc(Nc3ncnc(N(C)C(=O)Nc4c(Cl)c(OC)c(C)c(OC)c4Cl)n3)cc2)CC1. The number of ether oxygens (including phenoxy) is 2. The maximum atomic E-state index is 13.1. The second-order valence-electron chi connectivity index (χ2n) is 8.89. The standard InChI is InChI=1S/C26H32Cl2N8O3/c1-6-35-11-13-36(14-12-35)18-9-7-17(8-10-18)31-24-29-15-30-25(33-24)34(3)26(37)32-21-19(27)22(38-4)16(2)23(39-5)20(21)28/h7-10,15H,6,11-14H2,1-5H3,(H,32,37)(H,29,30,31,33). The maximum absolute atomic E-state index is 13.1. The lowest BCUT2D eigenvalue weighted by Crippen LogP contribution is -2.46. The van der Waals surface area contributed by atoms with Crippen LogP contribution in [0.3, 0.4) is 0 Å². The molecule has 208 valence electrons. The van der Waals surface area contributed by atoms with E-state index in [1.165, 1.54) is 38.2 Å². The van der Waals surface area contributed by atoms with Gasteiger partial charge >= 0.3 is 6.03 Å². The van der Waals surface area contributed by atoms with E-state index >= 15 is 0 Å². The molecule has 4 rings (SSSR count). The van der Waals surface area contributed by atoms with Gasteiger partial charge in [0.15, 0.2) is 0 Å². The van der Waals surface area contributed by atoms with Gasteiger partial charge in [-0.3, -0.25) is 4.90 Å². The fraction of sp³-hybridized carbons (Fsp3) is 0.385. The number of urea groups is 1. The minimum Gasteiger partial charge on any atom is -0.495 e. The molecule has 2 N–H and O–H groups in total. The van der Waals surface area contributed by atoms with Crippen molar-refractivity contribution < 1.29 is 14.3 Å². The quantitative estimate of drug-likeness (QED) is 0.381. The van der Waals surface area contributed by atoms with Crippen LogP contribution in [0.15, 0.2) is 30.6 Å². The molecule has 0 unspecified atom stereocenters. The van der Waals surface area contributed by atoms with Crippen LogP contribution in [0.1, 0.15) is 12.5 Å². The number of carbonyl (C=O) groups is 1. The number of halogens is 2. The van der Waals surface area contributed by atoms with Crippen molar-refractivity contribution in [1.82, 2.24) is 19.9 Å². The van der Waals surface area contributed by atoms with Gasteiger partial charge in [-0.25, -0.2) is 14.8 Å². The molecule has 1 aliphatic rings. The Bertz CT molecular complexity index is 1290. The van der Waals surface area contributed by atoms with Crippen LogP contribution in [0.25, 0.3) is 0 Å². The largest absolute Gasteiger partial charge is 0.495 e. The van der Waals surface area contributed by atoms with Gasteiger partial charge in [0.05, 0.1) is 19.9 Å². The van der Waals surface area contributed by atoms with E-state index < -0.39 is 6.03 Å². The summed E-state index contributed by atoms with van der Waals surface area (Å²) in [5.41, 5.74) is 2.75. The first-order chi connectivity index (χ1) is 18.8. The highest BCUT2D eigenvalue weighted by molar-refractivity contribution is 6.42. The molecule has 2 amide bonds. The molecular formula is C26H32Cl2N8O3. The van der Waals surface area contributed by atoms with Gasteiger partial charge < -0.3 is 29.9 Å². The molecule has 2 heterocycles. The molecule has 1 fully saturated rings. The first kappa shape index (κ1) is 28.5. The summed E-state index contributed by atoms with van der Waals surface area (Å²) < 4.78 is 10.8. The van der Waals surface area contributed by atoms with Crippen molar-refractivity contribution in [3.8, 4) is 11.5 Å². The van der Waals surface area contributed by atoms with Gasteiger partial charge in [0, 0.05) is 50.2 Å². The van der Waals surface area contributed by atoms with Crippen LogP contribution in [0.5, 0.6) is 11.5 Å². The minimum atomic E-state index is -0.573. The number of benzene rings is 2. The summed E-state index contributed by atoms with van der Waals surface area (Å²) in [5, 5.41) is 6.17. The third kappa shape index (κ3) is 6.21. The van der Waals surface area contributed by atoms with Crippen molar-refractivity contribution >= 4 is 58.2 Å². The average molecular weight is 576 g/mol. The van der Waals surface area contributed by atoms with Gasteiger partial charge in [0.1, 0.15) is 27.9 Å². The number of hydrogen-bond donors (Lipinski definition) is 2. The molecule has 39 heavy (non-hydrogen) atoms. The van der Waals surface area contributed by atoms with Crippen molar-refractivity contribution in [3.05, 3.63) is 46.2 Å². The van der Waals surface area contributed by atoms with E-state index in [9.17, 15) is 4.79 Å². The van der Waals surface area contributed by atoms with E-state index in [0.717, 1.165) is 38.4 Å². The summed E-state index contributed by atoms with van der Waals surface area (Å²) in [4.78, 5) is 31.8. The van der Waals surface area contributed by atoms with E-state index in [0.29, 0.717) is 23.0 Å². The third-order valence-corrected chi connectivity index (χ3v) is 7.35. The molecule has 1 saturated heterocycles. The van der Waals surface area contributed by atoms with Crippen molar-refractivity contribution in [3.63, 3.8) is 0 Å². The highest BCUT2D eigenvalue weighted by atomic mass is 35.5. The van der Waals surface area contributed by atoms with Crippen LogP contribution in [0.4, 0.5) is 33.8 Å². The lowest BCUT2D eigenvalue weighted by Gasteiger charge is -2.35. The van der Waals surface area contributed by atoms with Crippen LogP contribution in [0.2, 0.25) is 10.0 Å². The van der Waals surface area contributed by atoms with Crippen LogP contribution in [-0.4, -0.2) is 79.9 Å². The zero-order chi connectivity index (χ0) is 28.1. The van der Waals surface area contributed by atoms with E-state index in [1.54, 1.807) is 6.92 Å². The zero-order valence-corrected chi connectivity index (χ0v) is 24.1. The number of anilines is 5. The van der Waals surface area contributed by atoms with Crippen LogP contribution >= 0.6 is 23.2 Å². The predicted octanol–water partition coefficient (Wildman–Crippen LogP) is 5.06. The summed E-state index contributed by atoms with van der Waals surface area (Å²) in [7, 11) is 4.46. The number of likely N-dealkylation sites (N-methyl/N-ethyl adjacent to an activating group) is 1. The lowest BCUT2D eigenvalue weighted by atomic mass is 10.1. The normalized spacial score (nSPS) is 13.7. The number of nitrogens with one attached hydrogen (secondary N) is 2. The Morgan fingerprint density at radius 3 is 2.21 bits per heavy atom. The number of rotatable bonds is 8. The van der Waals surface area contributed by atoms with Gasteiger partial charge in [-0.15, -0.1) is 0 Å². The Kier molecular flexibility index (Phi) is 9.16. The maximum Gasteiger partial charge on any atom is 0.328 e. The Balaban J connectivity index is 1.45. The van der Waals surface area contributed by atoms with Gasteiger partial charge in [-0.05, 0) is 37.7 Å². The van der Waals surface area contributed by atoms with E-state index in [-0.39, 0.29) is 21.7 Å². The Morgan fingerprint density at radius 2 is 1.64 bits per heavy atom. The molecule has 0 radical (unpaired) electrons. The van der Waals surface area contributed by atoms with Crippen molar-refractivity contribution in [2.75, 3.05) is 74.4 Å². The van der Waals surface area contributed by atoms with Crippen molar-refractivity contribution in [2.24, 2.45) is 0 Å². The number of piperazine rings is 1. The number of methoxy groups -OCH3 is 2. The highest BCUT2D eigenvalue weighted by Gasteiger charge is 2.25. The van der Waals surface area contributed by atoms with Crippen LogP contribution < -0.4 is 29.9 Å². The number of amides is 2. The summed E-state index contributed by atoms with van der Waals surface area (Å²) in [6.45, 7) is 9.17. The molecule has 0 bridgehead atoms. The molecule has 13 heteroatoms. The highest BCUT2D eigenvalue weighted by Crippen LogP contribution is 2.47. The second kappa shape index (κ2) is 12.5. The fourth-order valence-electron chi connectivity index (χ4n) is 4.35. The number of nitrogens with zero attached hydrogens (tertiary/aromatic N) is 6. The smallest absolute Gasteiger partial charge is 0.328 e. The molecule has 1 aromatic heterocycles. The number of hydrogen-bond acceptors (Lipinski definition) is 9. The topological polar surface area (TPSA) is 108 Å². The average Bonchev–Trinajstić information content (AvgIpc) is 2.96. The molecule has 0 aliphatic carbocycles. The molecule has 0 saturated carbocycles. The first-order valence-corrected chi connectivity index (χ1v) is 13.2. The Hall–Kier alpha value is -3.54. The van der Waals surface area contributed by atoms with Crippen LogP contribution in [-0.2, 0) is 0 Å². The summed E-state index contributed by atoms with van der Waals surface area (Å²) in [6.07, 6.45) is 1.33. The lowest BCUT2D eigenvalue weighted by molar-refractivity contribution is 0.257. The van der Waals surface area contributed by atoms with Gasteiger partial charge in [0.2, 0.25) is 11.9 Å². The van der Waals surface area contributed by atoms with Gasteiger partial charge in [0.25, 0.3) is 0 Å². The molecular weight excluding hydrogens is 543 g/mol. The van der Waals surface area contributed by atoms with Gasteiger partial charge in [-0.2, -0.15) is 4.98 Å². The zero-order valence-electron chi connectivity index (χ0n) is 22.6. The Labute approximate surface area is 238 Å². The van der Waals surface area contributed by atoms with Crippen LogP contribution in [0, 0.1) is 6.92 Å². The van der Waals surface area contributed by atoms with Crippen molar-refractivity contribution in [1.29, 1.82) is 0 Å². The molecule has 1 aliphatic heterocycles. The molecule has 11 nitrogen and oxygen atoms in total. The molecule has 0 atom stereocenters. The summed E-state index contributed by atoms with van der Waals surface area (Å²) in [5.74, 6) is 1.10. The Morgan fingerprint density at radius 1 is 1.03 bits per heavy atom. The fourth-order valence-corrected chi connectivity index (χ4v) is 5.12. The van der Waals surface area contributed by atoms with Crippen molar-refractivity contribution in [2.45, 2.75) is 13.8 Å². The monoisotopic (exact) mass is 574 g/mol. The summed E-state index contributed by atoms with van der Waals surface area (Å²) >= 11 is 13.0. The first-order valence-electron chi connectivity index (χ1n) is 12.4. The summed E-state index contributed by atoms with van der Waals surface area (Å²) in [6, 6.07) is 7.52. The van der Waals surface area contributed by atoms with E-state index in [1.807, 2.05) is 12.1 Å². The molecule has 0 spiro atoms. The minimum absolute atomic E-state index is 0.119. The number of aromatic nitrogens is 3. The third-order valence-electron chi connectivity index (χ3n) is 6.63. The second-order valence-corrected chi connectivity index (χ2v) is 9.64.